The monoisotopic (exact) mass is 450 g/mol. The summed E-state index contributed by atoms with van der Waals surface area (Å²) in [6.07, 6.45) is 2.74. The number of nitrogens with one attached hydrogen (secondary N) is 1. The summed E-state index contributed by atoms with van der Waals surface area (Å²) in [5.74, 6) is 1.75. The van der Waals surface area contributed by atoms with Crippen molar-refractivity contribution >= 4 is 51.8 Å². The van der Waals surface area contributed by atoms with Crippen LogP contribution in [0.1, 0.15) is 12.0 Å². The van der Waals surface area contributed by atoms with E-state index < -0.39 is 0 Å². The van der Waals surface area contributed by atoms with E-state index in [0.29, 0.717) is 10.8 Å². The fourth-order valence-electron chi connectivity index (χ4n) is 3.51. The Labute approximate surface area is 188 Å². The van der Waals surface area contributed by atoms with E-state index in [-0.39, 0.29) is 11.7 Å². The van der Waals surface area contributed by atoms with Gasteiger partial charge in [-0.05, 0) is 42.8 Å². The third-order valence-corrected chi connectivity index (χ3v) is 6.16. The number of benzene rings is 2. The Bertz CT molecular complexity index is 1170. The van der Waals surface area contributed by atoms with E-state index in [4.69, 9.17) is 21.6 Å². The van der Waals surface area contributed by atoms with Gasteiger partial charge in [0, 0.05) is 23.8 Å². The highest BCUT2D eigenvalue weighted by atomic mass is 35.5. The van der Waals surface area contributed by atoms with Gasteiger partial charge in [-0.15, -0.1) is 0 Å². The first-order valence-electron chi connectivity index (χ1n) is 9.92. The van der Waals surface area contributed by atoms with E-state index in [2.05, 4.69) is 15.3 Å². The lowest BCUT2D eigenvalue weighted by atomic mass is 10.2. The summed E-state index contributed by atoms with van der Waals surface area (Å²) in [5.41, 5.74) is 2.54. The van der Waals surface area contributed by atoms with Gasteiger partial charge >= 0.3 is 0 Å². The van der Waals surface area contributed by atoms with Crippen LogP contribution in [-0.2, 0) is 4.79 Å². The number of halogens is 1. The highest BCUT2D eigenvalue weighted by Gasteiger charge is 2.31. The quantitative estimate of drug-likeness (QED) is 0.641. The molecule has 0 atom stereocenters. The molecule has 9 heteroatoms. The first-order valence-corrected chi connectivity index (χ1v) is 11.3. The number of hydrogen-bond acceptors (Lipinski definition) is 6. The second-order valence-corrected chi connectivity index (χ2v) is 8.46. The molecule has 7 nitrogen and oxygen atoms in total. The molecule has 2 aliphatic heterocycles. The molecule has 2 aromatic carbocycles. The van der Waals surface area contributed by atoms with Crippen molar-refractivity contribution in [2.24, 2.45) is 9.98 Å². The molecule has 31 heavy (non-hydrogen) atoms. The summed E-state index contributed by atoms with van der Waals surface area (Å²) >= 11 is 7.44. The molecular formula is C22H19ClN6OS. The van der Waals surface area contributed by atoms with Gasteiger partial charge in [-0.2, -0.15) is 5.10 Å². The number of nitrogens with zero attached hydrogens (tertiary/aromatic N) is 5. The van der Waals surface area contributed by atoms with Crippen molar-refractivity contribution in [3.63, 3.8) is 0 Å². The Balaban J connectivity index is 1.42. The molecule has 2 aliphatic rings. The third-order valence-electron chi connectivity index (χ3n) is 4.94. The minimum Gasteiger partial charge on any atom is -0.325 e. The predicted octanol–water partition coefficient (Wildman–Crippen LogP) is 4.35. The summed E-state index contributed by atoms with van der Waals surface area (Å²) in [6.45, 7) is 1.58. The van der Waals surface area contributed by atoms with Crippen LogP contribution >= 0.6 is 23.4 Å². The molecule has 0 saturated carbocycles. The number of thioether (sulfide) groups is 1. The Morgan fingerprint density at radius 2 is 1.94 bits per heavy atom. The molecule has 0 unspecified atom stereocenters. The average Bonchev–Trinajstić information content (AvgIpc) is 3.23. The summed E-state index contributed by atoms with van der Waals surface area (Å²) in [5, 5.41) is 8.88. The number of anilines is 1. The fraction of sp³-hybridized carbons (Fsp3) is 0.182. The molecule has 156 valence electrons. The molecule has 0 bridgehead atoms. The van der Waals surface area contributed by atoms with Crippen molar-refractivity contribution < 1.29 is 4.79 Å². The van der Waals surface area contributed by atoms with Gasteiger partial charge in [0.2, 0.25) is 5.91 Å². The molecule has 5 rings (SSSR count). The Kier molecular flexibility index (Phi) is 5.48. The van der Waals surface area contributed by atoms with Gasteiger partial charge in [0.05, 0.1) is 23.2 Å². The van der Waals surface area contributed by atoms with Gasteiger partial charge in [-0.3, -0.25) is 9.79 Å². The van der Waals surface area contributed by atoms with Crippen LogP contribution in [0.3, 0.4) is 0 Å². The predicted molar refractivity (Wildman–Crippen MR) is 126 cm³/mol. The molecule has 1 aromatic heterocycles. The third kappa shape index (κ3) is 4.08. The number of carbonyl (C=O) groups excluding carboxylic acids is 1. The molecule has 1 N–H and O–H groups in total. The van der Waals surface area contributed by atoms with Crippen molar-refractivity contribution in [1.29, 1.82) is 0 Å². The number of fused-ring (bicyclic) bond motifs is 3. The van der Waals surface area contributed by atoms with Crippen molar-refractivity contribution in [3.8, 4) is 5.69 Å². The molecular weight excluding hydrogens is 432 g/mol. The van der Waals surface area contributed by atoms with E-state index in [1.165, 1.54) is 11.8 Å². The average molecular weight is 451 g/mol. The van der Waals surface area contributed by atoms with Crippen molar-refractivity contribution in [2.45, 2.75) is 6.42 Å². The van der Waals surface area contributed by atoms with Crippen LogP contribution < -0.4 is 5.32 Å². The maximum absolute atomic E-state index is 12.5. The van der Waals surface area contributed by atoms with Gasteiger partial charge in [0.15, 0.2) is 11.0 Å². The number of amidine groups is 2. The zero-order chi connectivity index (χ0) is 21.2. The van der Waals surface area contributed by atoms with Crippen LogP contribution in [0.15, 0.2) is 70.8 Å². The smallest absolute Gasteiger partial charge is 0.234 e. The number of aromatic nitrogens is 2. The molecule has 0 fully saturated rings. The zero-order valence-electron chi connectivity index (χ0n) is 16.5. The fourth-order valence-corrected chi connectivity index (χ4v) is 4.45. The number of para-hydroxylation sites is 1. The SMILES string of the molecule is O=C(CSC1=Nc2c(cnn2-c2ccc(Cl)cc2)C2=NCCCN12)Nc1ccccc1. The highest BCUT2D eigenvalue weighted by Crippen LogP contribution is 2.33. The molecule has 0 saturated heterocycles. The van der Waals surface area contributed by atoms with Crippen LogP contribution in [0.5, 0.6) is 0 Å². The number of aliphatic imine (C=N–C) groups is 2. The Morgan fingerprint density at radius 3 is 2.74 bits per heavy atom. The topological polar surface area (TPSA) is 74.9 Å². The van der Waals surface area contributed by atoms with Crippen LogP contribution in [-0.4, -0.2) is 50.4 Å². The maximum Gasteiger partial charge on any atom is 0.234 e. The summed E-state index contributed by atoms with van der Waals surface area (Å²) in [7, 11) is 0. The molecule has 1 amide bonds. The van der Waals surface area contributed by atoms with E-state index in [0.717, 1.165) is 47.5 Å². The first kappa shape index (κ1) is 19.8. The van der Waals surface area contributed by atoms with Crippen LogP contribution in [0, 0.1) is 0 Å². The molecule has 0 radical (unpaired) electrons. The molecule has 3 aromatic rings. The number of carbonyl (C=O) groups is 1. The standard InChI is InChI=1S/C22H19ClN6OS/c23-15-7-9-17(10-8-15)29-21-18(13-25-29)20-24-11-4-12-28(20)22(27-21)31-14-19(30)26-16-5-2-1-3-6-16/h1-3,5-10,13H,4,11-12,14H2,(H,26,30). The van der Waals surface area contributed by atoms with Crippen molar-refractivity contribution in [3.05, 3.63) is 71.4 Å². The second kappa shape index (κ2) is 8.56. The lowest BCUT2D eigenvalue weighted by Gasteiger charge is -2.32. The number of amides is 1. The normalized spacial score (nSPS) is 14.9. The van der Waals surface area contributed by atoms with Crippen molar-refractivity contribution in [1.82, 2.24) is 14.7 Å². The second-order valence-electron chi connectivity index (χ2n) is 7.08. The van der Waals surface area contributed by atoms with E-state index >= 15 is 0 Å². The molecule has 0 aliphatic carbocycles. The van der Waals surface area contributed by atoms with Gasteiger partial charge in [-0.1, -0.05) is 41.6 Å². The van der Waals surface area contributed by atoms with Gasteiger partial charge in [0.25, 0.3) is 0 Å². The molecule has 0 spiro atoms. The summed E-state index contributed by atoms with van der Waals surface area (Å²) < 4.78 is 1.78. The van der Waals surface area contributed by atoms with E-state index in [1.807, 2.05) is 54.6 Å². The summed E-state index contributed by atoms with van der Waals surface area (Å²) in [4.78, 5) is 24.2. The van der Waals surface area contributed by atoms with E-state index in [9.17, 15) is 4.79 Å². The Hall–Kier alpha value is -3.10. The largest absolute Gasteiger partial charge is 0.325 e. The first-order chi connectivity index (χ1) is 15.2. The minimum absolute atomic E-state index is 0.0774. The van der Waals surface area contributed by atoms with E-state index in [1.54, 1.807) is 10.9 Å². The lowest BCUT2D eigenvalue weighted by Crippen LogP contribution is -2.42. The van der Waals surface area contributed by atoms with Gasteiger partial charge in [0.1, 0.15) is 5.84 Å². The van der Waals surface area contributed by atoms with Crippen LogP contribution in [0.4, 0.5) is 11.5 Å². The van der Waals surface area contributed by atoms with Gasteiger partial charge < -0.3 is 10.2 Å². The number of rotatable bonds is 4. The van der Waals surface area contributed by atoms with Crippen LogP contribution in [0.2, 0.25) is 5.02 Å². The van der Waals surface area contributed by atoms with Crippen molar-refractivity contribution in [2.75, 3.05) is 24.2 Å². The molecule has 3 heterocycles. The van der Waals surface area contributed by atoms with Gasteiger partial charge in [-0.25, -0.2) is 9.67 Å². The zero-order valence-corrected chi connectivity index (χ0v) is 18.1. The summed E-state index contributed by atoms with van der Waals surface area (Å²) in [6, 6.07) is 16.9. The minimum atomic E-state index is -0.0774. The highest BCUT2D eigenvalue weighted by molar-refractivity contribution is 8.14. The Morgan fingerprint density at radius 1 is 1.13 bits per heavy atom. The maximum atomic E-state index is 12.5. The van der Waals surface area contributed by atoms with Crippen LogP contribution in [0.25, 0.3) is 5.69 Å². The lowest BCUT2D eigenvalue weighted by molar-refractivity contribution is -0.113. The number of hydrogen-bond donors (Lipinski definition) is 1.